The predicted octanol–water partition coefficient (Wildman–Crippen LogP) is 4.46. The van der Waals surface area contributed by atoms with Gasteiger partial charge in [-0.2, -0.15) is 0 Å². The molecule has 2 aromatic heterocycles. The number of fused-ring (bicyclic) bond motifs is 1. The Labute approximate surface area is 179 Å². The lowest BCUT2D eigenvalue weighted by molar-refractivity contribution is 0.110. The number of pyridine rings is 1. The first-order valence-corrected chi connectivity index (χ1v) is 10.4. The minimum Gasteiger partial charge on any atom is -0.297 e. The smallest absolute Gasteiger partial charge is 0.203 e. The van der Waals surface area contributed by atoms with E-state index in [1.54, 1.807) is 16.7 Å². The Bertz CT molecular complexity index is 1040. The van der Waals surface area contributed by atoms with E-state index in [0.29, 0.717) is 27.1 Å². The minimum absolute atomic E-state index is 0.507. The molecule has 8 heteroatoms. The molecule has 1 fully saturated rings. The Kier molecular flexibility index (Phi) is 6.13. The van der Waals surface area contributed by atoms with Gasteiger partial charge in [-0.1, -0.05) is 65.7 Å². The highest BCUT2D eigenvalue weighted by atomic mass is 35.5. The van der Waals surface area contributed by atoms with Crippen LogP contribution in [-0.2, 0) is 6.67 Å². The molecule has 1 aliphatic rings. The van der Waals surface area contributed by atoms with Gasteiger partial charge in [0.05, 0.1) is 16.7 Å². The van der Waals surface area contributed by atoms with Gasteiger partial charge in [-0.25, -0.2) is 4.68 Å². The van der Waals surface area contributed by atoms with Crippen LogP contribution in [-0.4, -0.2) is 56.7 Å². The lowest BCUT2D eigenvalue weighted by Crippen LogP contribution is -2.46. The van der Waals surface area contributed by atoms with Crippen LogP contribution in [0, 0.1) is 4.77 Å². The molecule has 1 aliphatic heterocycles. The van der Waals surface area contributed by atoms with Gasteiger partial charge in [-0.3, -0.25) is 14.2 Å². The average molecular weight is 434 g/mol. The molecule has 0 aliphatic carbocycles. The van der Waals surface area contributed by atoms with Gasteiger partial charge in [0.1, 0.15) is 0 Å². The minimum atomic E-state index is 0.507. The zero-order chi connectivity index (χ0) is 19.5. The van der Waals surface area contributed by atoms with E-state index in [0.717, 1.165) is 32.7 Å². The summed E-state index contributed by atoms with van der Waals surface area (Å²) in [6.45, 7) is 5.61. The second-order valence-electron chi connectivity index (χ2n) is 6.86. The van der Waals surface area contributed by atoms with Crippen LogP contribution in [0.1, 0.15) is 5.56 Å². The molecular weight excluding hydrogens is 413 g/mol. The number of hydrogen-bond acceptors (Lipinski definition) is 4. The highest BCUT2D eigenvalue weighted by molar-refractivity contribution is 7.71. The van der Waals surface area contributed by atoms with Crippen molar-refractivity contribution in [2.75, 3.05) is 32.7 Å². The number of piperazine rings is 1. The largest absolute Gasteiger partial charge is 0.297 e. The molecule has 0 radical (unpaired) electrons. The van der Waals surface area contributed by atoms with Gasteiger partial charge in [0.2, 0.25) is 4.77 Å². The maximum Gasteiger partial charge on any atom is 0.203 e. The Balaban J connectivity index is 1.34. The zero-order valence-electron chi connectivity index (χ0n) is 15.3. The summed E-state index contributed by atoms with van der Waals surface area (Å²) in [5.41, 5.74) is 1.88. The van der Waals surface area contributed by atoms with E-state index in [-0.39, 0.29) is 0 Å². The molecular formula is C20H21Cl2N5S. The van der Waals surface area contributed by atoms with Crippen LogP contribution in [0.5, 0.6) is 0 Å². The molecule has 0 spiro atoms. The Morgan fingerprint density at radius 2 is 1.75 bits per heavy atom. The van der Waals surface area contributed by atoms with Crippen molar-refractivity contribution in [3.8, 4) is 0 Å². The van der Waals surface area contributed by atoms with Crippen LogP contribution in [0.25, 0.3) is 11.7 Å². The summed E-state index contributed by atoms with van der Waals surface area (Å²) in [4.78, 5) is 4.81. The van der Waals surface area contributed by atoms with Crippen LogP contribution in [0.2, 0.25) is 10.0 Å². The van der Waals surface area contributed by atoms with Gasteiger partial charge < -0.3 is 0 Å². The summed E-state index contributed by atoms with van der Waals surface area (Å²) >= 11 is 17.9. The number of rotatable bonds is 5. The predicted molar refractivity (Wildman–Crippen MR) is 118 cm³/mol. The van der Waals surface area contributed by atoms with Gasteiger partial charge >= 0.3 is 0 Å². The van der Waals surface area contributed by atoms with Crippen LogP contribution < -0.4 is 0 Å². The van der Waals surface area contributed by atoms with Gasteiger partial charge in [-0.05, 0) is 23.8 Å². The van der Waals surface area contributed by atoms with Gasteiger partial charge in [0.25, 0.3) is 0 Å². The molecule has 4 rings (SSSR count). The Morgan fingerprint density at radius 3 is 2.50 bits per heavy atom. The van der Waals surface area contributed by atoms with Crippen molar-refractivity contribution in [3.05, 3.63) is 69.1 Å². The van der Waals surface area contributed by atoms with Gasteiger partial charge in [0, 0.05) is 38.9 Å². The van der Waals surface area contributed by atoms with E-state index in [1.807, 2.05) is 10.7 Å². The summed E-state index contributed by atoms with van der Waals surface area (Å²) in [5.74, 6) is 0. The monoisotopic (exact) mass is 433 g/mol. The molecule has 1 aromatic carbocycles. The number of aromatic nitrogens is 3. The van der Waals surface area contributed by atoms with E-state index >= 15 is 0 Å². The number of halogens is 2. The highest BCUT2D eigenvalue weighted by Crippen LogP contribution is 2.21. The van der Waals surface area contributed by atoms with E-state index < -0.39 is 0 Å². The van der Waals surface area contributed by atoms with Gasteiger partial charge in [-0.15, -0.1) is 5.10 Å². The second kappa shape index (κ2) is 8.76. The van der Waals surface area contributed by atoms with E-state index in [2.05, 4.69) is 51.3 Å². The van der Waals surface area contributed by atoms with Crippen molar-refractivity contribution in [1.82, 2.24) is 24.0 Å². The molecule has 0 saturated carbocycles. The van der Waals surface area contributed by atoms with Crippen molar-refractivity contribution < 1.29 is 0 Å². The van der Waals surface area contributed by atoms with Crippen molar-refractivity contribution in [1.29, 1.82) is 0 Å². The summed E-state index contributed by atoms with van der Waals surface area (Å²) in [6, 6.07) is 12.1. The normalized spacial score (nSPS) is 16.4. The molecule has 0 amide bonds. The quantitative estimate of drug-likeness (QED) is 0.555. The maximum absolute atomic E-state index is 6.25. The number of hydrogen-bond donors (Lipinski definition) is 0. The number of benzene rings is 1. The third-order valence-electron chi connectivity index (χ3n) is 4.87. The standard InChI is InChI=1S/C20H21Cl2N5S/c21-17-13-18(22)19-23-27(20(28)26(19)14-17)15-25-11-9-24(10-12-25)8-4-7-16-5-2-1-3-6-16/h1-7,13-14H,8-12,15H2/b7-4+. The molecule has 3 aromatic rings. The fourth-order valence-electron chi connectivity index (χ4n) is 3.34. The Morgan fingerprint density at radius 1 is 1.04 bits per heavy atom. The van der Waals surface area contributed by atoms with Crippen LogP contribution in [0.3, 0.4) is 0 Å². The topological polar surface area (TPSA) is 28.7 Å². The molecule has 0 atom stereocenters. The van der Waals surface area contributed by atoms with Crippen molar-refractivity contribution in [2.45, 2.75) is 6.67 Å². The third-order valence-corrected chi connectivity index (χ3v) is 5.77. The summed E-state index contributed by atoms with van der Waals surface area (Å²) in [7, 11) is 0. The SMILES string of the molecule is S=c1n(CN2CCN(C/C=C/c3ccccc3)CC2)nc2c(Cl)cc(Cl)cn12. The van der Waals surface area contributed by atoms with Crippen LogP contribution >= 0.6 is 35.4 Å². The molecule has 1 saturated heterocycles. The van der Waals surface area contributed by atoms with E-state index in [4.69, 9.17) is 35.4 Å². The summed E-state index contributed by atoms with van der Waals surface area (Å²) in [5, 5.41) is 5.62. The summed E-state index contributed by atoms with van der Waals surface area (Å²) < 4.78 is 4.19. The zero-order valence-corrected chi connectivity index (χ0v) is 17.7. The summed E-state index contributed by atoms with van der Waals surface area (Å²) in [6.07, 6.45) is 6.16. The molecule has 0 N–H and O–H groups in total. The van der Waals surface area contributed by atoms with Crippen molar-refractivity contribution in [3.63, 3.8) is 0 Å². The van der Waals surface area contributed by atoms with E-state index in [1.165, 1.54) is 5.56 Å². The Hall–Kier alpha value is -1.70. The van der Waals surface area contributed by atoms with Crippen molar-refractivity contribution >= 4 is 47.1 Å². The molecule has 146 valence electrons. The molecule has 0 unspecified atom stereocenters. The lowest BCUT2D eigenvalue weighted by atomic mass is 10.2. The fourth-order valence-corrected chi connectivity index (χ4v) is 4.09. The van der Waals surface area contributed by atoms with E-state index in [9.17, 15) is 0 Å². The first-order chi connectivity index (χ1) is 13.6. The van der Waals surface area contributed by atoms with Crippen LogP contribution in [0.4, 0.5) is 0 Å². The first-order valence-electron chi connectivity index (χ1n) is 9.21. The number of nitrogens with zero attached hydrogens (tertiary/aromatic N) is 5. The third kappa shape index (κ3) is 4.47. The molecule has 5 nitrogen and oxygen atoms in total. The lowest BCUT2D eigenvalue weighted by Gasteiger charge is -2.33. The molecule has 3 heterocycles. The maximum atomic E-state index is 6.25. The molecule has 28 heavy (non-hydrogen) atoms. The van der Waals surface area contributed by atoms with Gasteiger partial charge in [0.15, 0.2) is 5.65 Å². The average Bonchev–Trinajstić information content (AvgIpc) is 3.00. The molecule has 0 bridgehead atoms. The fraction of sp³-hybridized carbons (Fsp3) is 0.300. The van der Waals surface area contributed by atoms with Crippen LogP contribution in [0.15, 0.2) is 48.7 Å². The first kappa shape index (κ1) is 19.6. The van der Waals surface area contributed by atoms with Crippen molar-refractivity contribution in [2.24, 2.45) is 0 Å². The second-order valence-corrected chi connectivity index (χ2v) is 8.06. The highest BCUT2D eigenvalue weighted by Gasteiger charge is 2.18.